The lowest BCUT2D eigenvalue weighted by molar-refractivity contribution is -0.150. The first kappa shape index (κ1) is 21.4. The van der Waals surface area contributed by atoms with Gasteiger partial charge in [0.25, 0.3) is 5.91 Å². The summed E-state index contributed by atoms with van der Waals surface area (Å²) in [7, 11) is 0. The van der Waals surface area contributed by atoms with Crippen LogP contribution in [0.15, 0.2) is 29.2 Å². The maximum atomic E-state index is 12.5. The first-order chi connectivity index (χ1) is 13.2. The maximum Gasteiger partial charge on any atom is 0.327 e. The van der Waals surface area contributed by atoms with Crippen molar-refractivity contribution >= 4 is 58.2 Å². The van der Waals surface area contributed by atoms with Crippen LogP contribution in [0.4, 0.5) is 0 Å². The molecule has 0 aromatic heterocycles. The van der Waals surface area contributed by atoms with Crippen molar-refractivity contribution in [2.75, 3.05) is 6.61 Å². The number of ether oxygens (including phenoxy) is 1. The van der Waals surface area contributed by atoms with Crippen molar-refractivity contribution in [1.29, 1.82) is 0 Å². The number of aliphatic carboxylic acids is 3. The molecule has 3 N–H and O–H groups in total. The fraction of sp³-hybridized carbons (Fsp3) is 0.235. The number of hydrogen-bond donors (Lipinski definition) is 3. The Morgan fingerprint density at radius 2 is 1.79 bits per heavy atom. The number of hydrogen-bond acceptors (Lipinski definition) is 7. The van der Waals surface area contributed by atoms with Gasteiger partial charge < -0.3 is 20.1 Å². The lowest BCUT2D eigenvalue weighted by Gasteiger charge is -2.21. The summed E-state index contributed by atoms with van der Waals surface area (Å²) in [4.78, 5) is 46.2. The molecule has 0 radical (unpaired) electrons. The van der Waals surface area contributed by atoms with Crippen LogP contribution >= 0.6 is 24.0 Å². The highest BCUT2D eigenvalue weighted by atomic mass is 32.2. The molecule has 9 nitrogen and oxygen atoms in total. The number of carbonyl (C=O) groups is 4. The minimum atomic E-state index is -1.58. The summed E-state index contributed by atoms with van der Waals surface area (Å²) in [5, 5.41) is 26.7. The largest absolute Gasteiger partial charge is 0.493 e. The Kier molecular flexibility index (Phi) is 7.12. The molecule has 1 unspecified atom stereocenters. The smallest absolute Gasteiger partial charge is 0.327 e. The number of carboxylic acids is 3. The van der Waals surface area contributed by atoms with Crippen LogP contribution in [0.2, 0.25) is 0 Å². The fourth-order valence-corrected chi connectivity index (χ4v) is 3.63. The van der Waals surface area contributed by atoms with Crippen LogP contribution in [-0.2, 0) is 19.2 Å². The highest BCUT2D eigenvalue weighted by molar-refractivity contribution is 8.26. The third-order valence-corrected chi connectivity index (χ3v) is 4.88. The first-order valence-corrected chi connectivity index (χ1v) is 9.08. The second kappa shape index (κ2) is 9.33. The molecule has 1 amide bonds. The van der Waals surface area contributed by atoms with E-state index in [0.29, 0.717) is 11.3 Å². The van der Waals surface area contributed by atoms with E-state index in [2.05, 4.69) is 0 Å². The average Bonchev–Trinajstić information content (AvgIpc) is 2.87. The summed E-state index contributed by atoms with van der Waals surface area (Å²) in [5.41, 5.74) is 0.608. The zero-order valence-electron chi connectivity index (χ0n) is 14.2. The lowest BCUT2D eigenvalue weighted by Crippen LogP contribution is -2.45. The van der Waals surface area contributed by atoms with Gasteiger partial charge in [0.2, 0.25) is 0 Å². The van der Waals surface area contributed by atoms with Gasteiger partial charge in [-0.05, 0) is 23.8 Å². The second-order valence-electron chi connectivity index (χ2n) is 5.56. The Hall–Kier alpha value is -2.92. The van der Waals surface area contributed by atoms with Gasteiger partial charge in [0.05, 0.1) is 24.4 Å². The Labute approximate surface area is 168 Å². The van der Waals surface area contributed by atoms with E-state index in [-0.39, 0.29) is 22.3 Å². The standard InChI is InChI=1S/C17H15NO8S2/c19-13(20)5-6-26-10-3-1-9(2-4-10)7-12-15(23)18(17(27)28-12)11(16(24)25)8-14(21)22/h1-4,7,11H,5-6,8H2,(H,19,20)(H,21,22)(H,24,25)/b12-7-. The van der Waals surface area contributed by atoms with Gasteiger partial charge >= 0.3 is 17.9 Å². The van der Waals surface area contributed by atoms with E-state index < -0.39 is 36.3 Å². The number of carbonyl (C=O) groups excluding carboxylic acids is 1. The number of nitrogens with zero attached hydrogens (tertiary/aromatic N) is 1. The molecule has 11 heteroatoms. The number of benzene rings is 1. The molecule has 0 bridgehead atoms. The third-order valence-electron chi connectivity index (χ3n) is 3.55. The highest BCUT2D eigenvalue weighted by Crippen LogP contribution is 2.34. The Balaban J connectivity index is 2.13. The molecule has 0 saturated carbocycles. The molecule has 1 saturated heterocycles. The first-order valence-electron chi connectivity index (χ1n) is 7.85. The Morgan fingerprint density at radius 3 is 2.32 bits per heavy atom. The predicted octanol–water partition coefficient (Wildman–Crippen LogP) is 1.67. The number of thiocarbonyl (C=S) groups is 1. The molecular formula is C17H15NO8S2. The molecule has 2 rings (SSSR count). The van der Waals surface area contributed by atoms with Gasteiger partial charge in [0.15, 0.2) is 0 Å². The van der Waals surface area contributed by atoms with E-state index in [1.165, 1.54) is 6.08 Å². The minimum absolute atomic E-state index is 0.0213. The average molecular weight is 425 g/mol. The molecule has 1 aromatic rings. The highest BCUT2D eigenvalue weighted by Gasteiger charge is 2.41. The molecular weight excluding hydrogens is 410 g/mol. The molecule has 28 heavy (non-hydrogen) atoms. The summed E-state index contributed by atoms with van der Waals surface area (Å²) in [6, 6.07) is 4.88. The molecule has 1 aliphatic rings. The zero-order valence-corrected chi connectivity index (χ0v) is 15.9. The van der Waals surface area contributed by atoms with Crippen molar-refractivity contribution in [1.82, 2.24) is 4.90 Å². The van der Waals surface area contributed by atoms with Crippen molar-refractivity contribution in [2.45, 2.75) is 18.9 Å². The molecule has 1 aromatic carbocycles. The van der Waals surface area contributed by atoms with E-state index in [9.17, 15) is 24.3 Å². The van der Waals surface area contributed by atoms with Crippen LogP contribution in [0.3, 0.4) is 0 Å². The van der Waals surface area contributed by atoms with Crippen molar-refractivity contribution in [3.8, 4) is 5.75 Å². The van der Waals surface area contributed by atoms with Crippen LogP contribution < -0.4 is 4.74 Å². The molecule has 1 fully saturated rings. The normalized spacial score (nSPS) is 16.3. The van der Waals surface area contributed by atoms with Gasteiger partial charge in [-0.3, -0.25) is 19.3 Å². The van der Waals surface area contributed by atoms with E-state index in [1.807, 2.05) is 0 Å². The van der Waals surface area contributed by atoms with Crippen molar-refractivity contribution in [3.05, 3.63) is 34.7 Å². The summed E-state index contributed by atoms with van der Waals surface area (Å²) < 4.78 is 5.24. The van der Waals surface area contributed by atoms with Gasteiger partial charge in [-0.1, -0.05) is 36.1 Å². The Morgan fingerprint density at radius 1 is 1.14 bits per heavy atom. The Bertz CT molecular complexity index is 849. The number of thioether (sulfide) groups is 1. The monoisotopic (exact) mass is 425 g/mol. The van der Waals surface area contributed by atoms with Crippen molar-refractivity contribution < 1.29 is 39.2 Å². The van der Waals surface area contributed by atoms with Crippen LogP contribution in [0.1, 0.15) is 18.4 Å². The second-order valence-corrected chi connectivity index (χ2v) is 7.24. The summed E-state index contributed by atoms with van der Waals surface area (Å²) >= 11 is 5.94. The van der Waals surface area contributed by atoms with Gasteiger partial charge in [-0.25, -0.2) is 4.79 Å². The zero-order chi connectivity index (χ0) is 20.8. The van der Waals surface area contributed by atoms with E-state index >= 15 is 0 Å². The molecule has 148 valence electrons. The van der Waals surface area contributed by atoms with Gasteiger partial charge in [0.1, 0.15) is 16.1 Å². The quantitative estimate of drug-likeness (QED) is 0.395. The molecule has 1 aliphatic heterocycles. The summed E-state index contributed by atoms with van der Waals surface area (Å²) in [6.07, 6.45) is 0.600. The van der Waals surface area contributed by atoms with Gasteiger partial charge in [-0.15, -0.1) is 0 Å². The predicted molar refractivity (Wildman–Crippen MR) is 103 cm³/mol. The molecule has 0 aliphatic carbocycles. The topological polar surface area (TPSA) is 141 Å². The maximum absolute atomic E-state index is 12.5. The summed E-state index contributed by atoms with van der Waals surface area (Å²) in [6.45, 7) is 0.0213. The number of amides is 1. The van der Waals surface area contributed by atoms with Crippen molar-refractivity contribution in [3.63, 3.8) is 0 Å². The van der Waals surface area contributed by atoms with E-state index in [0.717, 1.165) is 16.7 Å². The van der Waals surface area contributed by atoms with Crippen molar-refractivity contribution in [2.24, 2.45) is 0 Å². The third kappa shape index (κ3) is 5.54. The summed E-state index contributed by atoms with van der Waals surface area (Å²) in [5.74, 6) is -4.00. The van der Waals surface area contributed by atoms with Crippen LogP contribution in [0.25, 0.3) is 6.08 Å². The van der Waals surface area contributed by atoms with Crippen LogP contribution in [-0.4, -0.2) is 61.0 Å². The van der Waals surface area contributed by atoms with E-state index in [4.69, 9.17) is 27.2 Å². The molecule has 1 atom stereocenters. The molecule has 0 spiro atoms. The number of rotatable bonds is 9. The van der Waals surface area contributed by atoms with Gasteiger partial charge in [-0.2, -0.15) is 0 Å². The van der Waals surface area contributed by atoms with Gasteiger partial charge in [0, 0.05) is 0 Å². The van der Waals surface area contributed by atoms with Crippen LogP contribution in [0.5, 0.6) is 5.75 Å². The van der Waals surface area contributed by atoms with E-state index in [1.54, 1.807) is 24.3 Å². The minimum Gasteiger partial charge on any atom is -0.493 e. The molecule has 1 heterocycles. The SMILES string of the molecule is O=C(O)CCOc1ccc(/C=C2\SC(=S)N(C(CC(=O)O)C(=O)O)C2=O)cc1. The number of carboxylic acid groups (broad SMARTS) is 3. The lowest BCUT2D eigenvalue weighted by atomic mass is 10.1. The van der Waals surface area contributed by atoms with Crippen LogP contribution in [0, 0.1) is 0 Å². The fourth-order valence-electron chi connectivity index (χ4n) is 2.27.